The van der Waals surface area contributed by atoms with Gasteiger partial charge < -0.3 is 34.2 Å². The standard InChI is InChI=1S/C35H37FN10O5/c1-21-13-25(24(36)15-27(21)50-23-8-10-46-29(14-23)38-20-40-46)41-32-31-26(37-19-39-32)16-28-33(42-31)44-11-12-45(22(17-44)18-49-28)30(47)7-6-9-43(5)34(48)51-35(2,3)4/h6-8,10,13-16,19-20,22H,9,11-12,17-18H2,1-5H3,(H,37,39,41)/b7-6+/t22-/m0/s1. The van der Waals surface area contributed by atoms with Gasteiger partial charge in [-0.1, -0.05) is 6.08 Å². The van der Waals surface area contributed by atoms with E-state index in [0.29, 0.717) is 70.8 Å². The van der Waals surface area contributed by atoms with E-state index in [0.717, 1.165) is 0 Å². The van der Waals surface area contributed by atoms with Crippen molar-refractivity contribution < 1.29 is 28.2 Å². The molecule has 1 N–H and O–H groups in total. The van der Waals surface area contributed by atoms with Gasteiger partial charge in [0.05, 0.1) is 17.2 Å². The van der Waals surface area contributed by atoms with E-state index in [9.17, 15) is 9.59 Å². The monoisotopic (exact) mass is 696 g/mol. The van der Waals surface area contributed by atoms with Gasteiger partial charge in [-0.3, -0.25) is 4.79 Å². The molecule has 2 amide bonds. The fourth-order valence-electron chi connectivity index (χ4n) is 5.85. The molecule has 6 heterocycles. The highest BCUT2D eigenvalue weighted by Crippen LogP contribution is 2.37. The van der Waals surface area contributed by atoms with E-state index in [1.54, 1.807) is 73.8 Å². The SMILES string of the molecule is Cc1cc(Nc2ncnc3cc4c(nc23)N2CCN(C(=O)/C=C/CN(C)C(=O)OC(C)(C)C)[C@H](CO4)C2)c(F)cc1Oc1ccn2ncnc2c1. The fraction of sp³-hybridized carbons (Fsp3) is 0.343. The second-order valence-electron chi connectivity index (χ2n) is 13.4. The minimum atomic E-state index is -0.608. The first-order valence-electron chi connectivity index (χ1n) is 16.4. The Bertz CT molecular complexity index is 2170. The average Bonchev–Trinajstić information content (AvgIpc) is 3.51. The molecule has 1 saturated heterocycles. The number of anilines is 3. The van der Waals surface area contributed by atoms with Crippen LogP contribution in [0.15, 0.2) is 61.3 Å². The topological polar surface area (TPSA) is 152 Å². The van der Waals surface area contributed by atoms with Crippen LogP contribution >= 0.6 is 0 Å². The number of benzene rings is 1. The molecule has 2 aliphatic rings. The lowest BCUT2D eigenvalue weighted by atomic mass is 10.1. The lowest BCUT2D eigenvalue weighted by molar-refractivity contribution is -0.129. The third kappa shape index (κ3) is 7.15. The molecule has 5 aromatic rings. The van der Waals surface area contributed by atoms with Crippen LogP contribution in [-0.4, -0.2) is 103 Å². The molecule has 264 valence electrons. The van der Waals surface area contributed by atoms with E-state index in [1.165, 1.54) is 29.7 Å². The Labute approximate surface area is 292 Å². The summed E-state index contributed by atoms with van der Waals surface area (Å²) in [6.45, 7) is 9.17. The number of pyridine rings is 2. The van der Waals surface area contributed by atoms with E-state index < -0.39 is 17.5 Å². The van der Waals surface area contributed by atoms with Crippen molar-refractivity contribution in [2.45, 2.75) is 39.3 Å². The third-order valence-electron chi connectivity index (χ3n) is 8.40. The van der Waals surface area contributed by atoms with Crippen LogP contribution in [0.1, 0.15) is 26.3 Å². The van der Waals surface area contributed by atoms with Crippen molar-refractivity contribution in [3.8, 4) is 17.2 Å². The van der Waals surface area contributed by atoms with Crippen LogP contribution in [0, 0.1) is 12.7 Å². The number of amides is 2. The van der Waals surface area contributed by atoms with Gasteiger partial charge in [0.25, 0.3) is 0 Å². The van der Waals surface area contributed by atoms with Gasteiger partial charge in [-0.05, 0) is 45.4 Å². The summed E-state index contributed by atoms with van der Waals surface area (Å²) in [6, 6.07) is 7.95. The molecular formula is C35H37FN10O5. The number of likely N-dealkylation sites (N-methyl/N-ethyl adjacent to an activating group) is 1. The summed E-state index contributed by atoms with van der Waals surface area (Å²) < 4.78 is 34.7. The number of aromatic nitrogens is 6. The van der Waals surface area contributed by atoms with Gasteiger partial charge in [0.2, 0.25) is 5.91 Å². The lowest BCUT2D eigenvalue weighted by Crippen LogP contribution is -2.56. The lowest BCUT2D eigenvalue weighted by Gasteiger charge is -2.39. The van der Waals surface area contributed by atoms with Crippen LogP contribution < -0.4 is 19.7 Å². The first-order valence-corrected chi connectivity index (χ1v) is 16.4. The molecule has 0 spiro atoms. The van der Waals surface area contributed by atoms with Crippen LogP contribution in [0.4, 0.5) is 26.5 Å². The molecular weight excluding hydrogens is 659 g/mol. The van der Waals surface area contributed by atoms with Crippen LogP contribution in [0.25, 0.3) is 16.7 Å². The summed E-state index contributed by atoms with van der Waals surface area (Å²) in [7, 11) is 1.62. The number of hydrogen-bond acceptors (Lipinski definition) is 12. The Morgan fingerprint density at radius 3 is 2.80 bits per heavy atom. The molecule has 16 heteroatoms. The number of nitrogens with zero attached hydrogens (tertiary/aromatic N) is 9. The summed E-state index contributed by atoms with van der Waals surface area (Å²) in [6.07, 6.45) is 7.20. The van der Waals surface area contributed by atoms with Gasteiger partial charge in [0, 0.05) is 63.7 Å². The Morgan fingerprint density at radius 2 is 1.98 bits per heavy atom. The molecule has 1 aromatic carbocycles. The van der Waals surface area contributed by atoms with E-state index >= 15 is 4.39 Å². The molecule has 51 heavy (non-hydrogen) atoms. The number of carbonyl (C=O) groups is 2. The van der Waals surface area contributed by atoms with Gasteiger partial charge in [0.15, 0.2) is 23.0 Å². The quantitative estimate of drug-likeness (QED) is 0.231. The molecule has 1 fully saturated rings. The fourth-order valence-corrected chi connectivity index (χ4v) is 5.85. The predicted octanol–water partition coefficient (Wildman–Crippen LogP) is 4.88. The predicted molar refractivity (Wildman–Crippen MR) is 186 cm³/mol. The van der Waals surface area contributed by atoms with Crippen LogP contribution in [0.5, 0.6) is 17.2 Å². The summed E-state index contributed by atoms with van der Waals surface area (Å²) in [5.41, 5.74) is 1.83. The number of ether oxygens (including phenoxy) is 3. The van der Waals surface area contributed by atoms with E-state index in [-0.39, 0.29) is 30.8 Å². The Hall–Kier alpha value is -6.06. The molecule has 2 aliphatic heterocycles. The van der Waals surface area contributed by atoms with Crippen molar-refractivity contribution >= 4 is 46.0 Å². The minimum Gasteiger partial charge on any atom is -0.487 e. The zero-order valence-corrected chi connectivity index (χ0v) is 28.8. The van der Waals surface area contributed by atoms with E-state index in [1.807, 2.05) is 6.92 Å². The number of piperazine rings is 1. The van der Waals surface area contributed by atoms with Crippen molar-refractivity contribution in [2.24, 2.45) is 0 Å². The molecule has 7 rings (SSSR count). The highest BCUT2D eigenvalue weighted by Gasteiger charge is 2.35. The summed E-state index contributed by atoms with van der Waals surface area (Å²) >= 11 is 0. The smallest absolute Gasteiger partial charge is 0.410 e. The molecule has 2 bridgehead atoms. The van der Waals surface area contributed by atoms with Gasteiger partial charge >= 0.3 is 6.09 Å². The van der Waals surface area contributed by atoms with Crippen LogP contribution in [0.3, 0.4) is 0 Å². The summed E-state index contributed by atoms with van der Waals surface area (Å²) in [4.78, 5) is 48.6. The number of carbonyl (C=O) groups excluding carboxylic acids is 2. The largest absolute Gasteiger partial charge is 0.487 e. The molecule has 4 aromatic heterocycles. The number of halogens is 1. The Morgan fingerprint density at radius 1 is 1.14 bits per heavy atom. The molecule has 0 aliphatic carbocycles. The zero-order chi connectivity index (χ0) is 35.9. The normalized spacial score (nSPS) is 15.8. The van der Waals surface area contributed by atoms with Crippen molar-refractivity contribution in [2.75, 3.05) is 50.1 Å². The first-order chi connectivity index (χ1) is 24.4. The van der Waals surface area contributed by atoms with Gasteiger partial charge in [-0.2, -0.15) is 5.10 Å². The number of aryl methyl sites for hydroxylation is 1. The van der Waals surface area contributed by atoms with Crippen molar-refractivity contribution in [1.82, 2.24) is 39.3 Å². The summed E-state index contributed by atoms with van der Waals surface area (Å²) in [5.74, 6) is 1.58. The van der Waals surface area contributed by atoms with Crippen LogP contribution in [-0.2, 0) is 9.53 Å². The maximum atomic E-state index is 15.5. The average molecular weight is 697 g/mol. The minimum absolute atomic E-state index is 0.174. The third-order valence-corrected chi connectivity index (χ3v) is 8.40. The molecule has 1 atom stereocenters. The van der Waals surface area contributed by atoms with E-state index in [4.69, 9.17) is 19.2 Å². The van der Waals surface area contributed by atoms with Gasteiger partial charge in [-0.15, -0.1) is 0 Å². The number of hydrogen-bond donors (Lipinski definition) is 1. The first kappa shape index (κ1) is 33.4. The van der Waals surface area contributed by atoms with Crippen molar-refractivity contribution in [1.29, 1.82) is 0 Å². The highest BCUT2D eigenvalue weighted by molar-refractivity contribution is 5.91. The van der Waals surface area contributed by atoms with Crippen molar-refractivity contribution in [3.63, 3.8) is 0 Å². The maximum absolute atomic E-state index is 15.5. The van der Waals surface area contributed by atoms with Crippen molar-refractivity contribution in [3.05, 3.63) is 72.7 Å². The zero-order valence-electron chi connectivity index (χ0n) is 28.8. The molecule has 0 radical (unpaired) electrons. The highest BCUT2D eigenvalue weighted by atomic mass is 19.1. The maximum Gasteiger partial charge on any atom is 0.410 e. The Balaban J connectivity index is 1.05. The molecule has 0 saturated carbocycles. The van der Waals surface area contributed by atoms with Crippen LogP contribution in [0.2, 0.25) is 0 Å². The van der Waals surface area contributed by atoms with Gasteiger partial charge in [-0.25, -0.2) is 33.6 Å². The number of nitrogens with one attached hydrogen (secondary N) is 1. The van der Waals surface area contributed by atoms with E-state index in [2.05, 4.69) is 30.3 Å². The number of fused-ring (bicyclic) bond motifs is 6. The molecule has 15 nitrogen and oxygen atoms in total. The summed E-state index contributed by atoms with van der Waals surface area (Å²) in [5, 5.41) is 7.17. The second kappa shape index (κ2) is 13.3. The number of rotatable bonds is 7. The second-order valence-corrected chi connectivity index (χ2v) is 13.4. The van der Waals surface area contributed by atoms with Gasteiger partial charge in [0.1, 0.15) is 47.7 Å². The Kier molecular flexibility index (Phi) is 8.74. The molecule has 0 unspecified atom stereocenters.